The number of amides is 1. The molecule has 0 fully saturated rings. The van der Waals surface area contributed by atoms with Crippen LogP contribution in [0.4, 0.5) is 0 Å². The SMILES string of the molecule is Cc1ccc(-n2c(C)cc(/C=N\NC(=O)c3ccccc3)c2C)cc1Cl. The molecule has 0 spiro atoms. The van der Waals surface area contributed by atoms with E-state index in [0.29, 0.717) is 5.56 Å². The van der Waals surface area contributed by atoms with Gasteiger partial charge in [0, 0.05) is 33.2 Å². The van der Waals surface area contributed by atoms with Gasteiger partial charge in [0.15, 0.2) is 0 Å². The van der Waals surface area contributed by atoms with Crippen LogP contribution in [0.1, 0.15) is 32.9 Å². The van der Waals surface area contributed by atoms with Gasteiger partial charge in [0.25, 0.3) is 5.91 Å². The smallest absolute Gasteiger partial charge is 0.271 e. The van der Waals surface area contributed by atoms with Gasteiger partial charge in [-0.05, 0) is 56.7 Å². The predicted octanol–water partition coefficient (Wildman–Crippen LogP) is 4.82. The van der Waals surface area contributed by atoms with Gasteiger partial charge in [-0.3, -0.25) is 4.79 Å². The number of halogens is 1. The van der Waals surface area contributed by atoms with Gasteiger partial charge in [0.2, 0.25) is 0 Å². The number of rotatable bonds is 4. The molecule has 1 aromatic heterocycles. The molecule has 2 aromatic carbocycles. The molecule has 0 bridgehead atoms. The summed E-state index contributed by atoms with van der Waals surface area (Å²) in [7, 11) is 0. The highest BCUT2D eigenvalue weighted by Crippen LogP contribution is 2.24. The van der Waals surface area contributed by atoms with Crippen LogP contribution in [0.15, 0.2) is 59.7 Å². The average molecular weight is 366 g/mol. The second-order valence-corrected chi connectivity index (χ2v) is 6.57. The minimum Gasteiger partial charge on any atom is -0.318 e. The zero-order chi connectivity index (χ0) is 18.7. The summed E-state index contributed by atoms with van der Waals surface area (Å²) >= 11 is 6.26. The van der Waals surface area contributed by atoms with Crippen molar-refractivity contribution in [2.75, 3.05) is 0 Å². The largest absolute Gasteiger partial charge is 0.318 e. The third kappa shape index (κ3) is 3.70. The number of carbonyl (C=O) groups excluding carboxylic acids is 1. The monoisotopic (exact) mass is 365 g/mol. The summed E-state index contributed by atoms with van der Waals surface area (Å²) in [6, 6.07) is 17.0. The van der Waals surface area contributed by atoms with Crippen molar-refractivity contribution in [1.82, 2.24) is 9.99 Å². The minimum absolute atomic E-state index is 0.235. The van der Waals surface area contributed by atoms with Crippen molar-refractivity contribution in [3.8, 4) is 5.69 Å². The van der Waals surface area contributed by atoms with Crippen LogP contribution >= 0.6 is 11.6 Å². The van der Waals surface area contributed by atoms with Crippen molar-refractivity contribution in [1.29, 1.82) is 0 Å². The fourth-order valence-electron chi connectivity index (χ4n) is 2.85. The maximum atomic E-state index is 12.0. The molecule has 0 aliphatic heterocycles. The summed E-state index contributed by atoms with van der Waals surface area (Å²) in [4.78, 5) is 12.0. The zero-order valence-corrected chi connectivity index (χ0v) is 15.7. The number of hydrazone groups is 1. The van der Waals surface area contributed by atoms with Crippen LogP contribution in [0, 0.1) is 20.8 Å². The van der Waals surface area contributed by atoms with Crippen molar-refractivity contribution < 1.29 is 4.79 Å². The number of aromatic nitrogens is 1. The number of nitrogens with one attached hydrogen (secondary N) is 1. The highest BCUT2D eigenvalue weighted by molar-refractivity contribution is 6.31. The zero-order valence-electron chi connectivity index (χ0n) is 15.0. The van der Waals surface area contributed by atoms with Crippen LogP contribution in [0.3, 0.4) is 0 Å². The molecule has 3 aromatic rings. The van der Waals surface area contributed by atoms with Crippen molar-refractivity contribution >= 4 is 23.7 Å². The van der Waals surface area contributed by atoms with Crippen LogP contribution in [0.5, 0.6) is 0 Å². The summed E-state index contributed by atoms with van der Waals surface area (Å²) in [6.45, 7) is 6.02. The minimum atomic E-state index is -0.235. The van der Waals surface area contributed by atoms with Crippen molar-refractivity contribution in [3.05, 3.63) is 87.7 Å². The van der Waals surface area contributed by atoms with E-state index in [1.165, 1.54) is 0 Å². The molecule has 1 N–H and O–H groups in total. The first kappa shape index (κ1) is 18.0. The Hall–Kier alpha value is -2.85. The number of hydrogen-bond donors (Lipinski definition) is 1. The third-order valence-electron chi connectivity index (χ3n) is 4.29. The van der Waals surface area contributed by atoms with E-state index in [-0.39, 0.29) is 5.91 Å². The molecule has 0 aliphatic rings. The molecule has 1 heterocycles. The Balaban J connectivity index is 1.81. The predicted molar refractivity (Wildman–Crippen MR) is 106 cm³/mol. The van der Waals surface area contributed by atoms with E-state index in [1.54, 1.807) is 18.3 Å². The number of benzene rings is 2. The van der Waals surface area contributed by atoms with Crippen LogP contribution in [-0.4, -0.2) is 16.7 Å². The lowest BCUT2D eigenvalue weighted by Gasteiger charge is -2.11. The average Bonchev–Trinajstić information content (AvgIpc) is 2.92. The summed E-state index contributed by atoms with van der Waals surface area (Å²) in [5, 5.41) is 4.83. The van der Waals surface area contributed by atoms with E-state index in [1.807, 2.05) is 63.2 Å². The summed E-state index contributed by atoms with van der Waals surface area (Å²) in [5.41, 5.74) is 8.21. The molecule has 1 amide bonds. The Morgan fingerprint density at radius 1 is 1.08 bits per heavy atom. The summed E-state index contributed by atoms with van der Waals surface area (Å²) in [5.74, 6) is -0.235. The maximum absolute atomic E-state index is 12.0. The molecule has 0 radical (unpaired) electrons. The normalized spacial score (nSPS) is 11.1. The number of carbonyl (C=O) groups is 1. The molecule has 0 aliphatic carbocycles. The number of hydrogen-bond acceptors (Lipinski definition) is 2. The standard InChI is InChI=1S/C21H20ClN3O/c1-14-9-10-19(12-20(14)22)25-15(2)11-18(16(25)3)13-23-24-21(26)17-7-5-4-6-8-17/h4-13H,1-3H3,(H,24,26)/b23-13-. The Morgan fingerprint density at radius 3 is 2.50 bits per heavy atom. The van der Waals surface area contributed by atoms with E-state index in [4.69, 9.17) is 11.6 Å². The van der Waals surface area contributed by atoms with E-state index < -0.39 is 0 Å². The summed E-state index contributed by atoms with van der Waals surface area (Å²) < 4.78 is 2.12. The van der Waals surface area contributed by atoms with Gasteiger partial charge in [0.05, 0.1) is 6.21 Å². The molecular formula is C21H20ClN3O. The molecule has 0 saturated carbocycles. The molecule has 4 nitrogen and oxygen atoms in total. The van der Waals surface area contributed by atoms with Gasteiger partial charge >= 0.3 is 0 Å². The van der Waals surface area contributed by atoms with Gasteiger partial charge in [-0.1, -0.05) is 35.9 Å². The lowest BCUT2D eigenvalue weighted by molar-refractivity contribution is 0.0955. The van der Waals surface area contributed by atoms with Gasteiger partial charge in [-0.25, -0.2) is 5.43 Å². The van der Waals surface area contributed by atoms with Gasteiger partial charge in [-0.2, -0.15) is 5.10 Å². The molecule has 0 saturated heterocycles. The highest BCUT2D eigenvalue weighted by Gasteiger charge is 2.10. The molecule has 0 atom stereocenters. The number of nitrogens with zero attached hydrogens (tertiary/aromatic N) is 2. The third-order valence-corrected chi connectivity index (χ3v) is 4.70. The topological polar surface area (TPSA) is 46.4 Å². The van der Waals surface area contributed by atoms with Crippen LogP contribution in [0.25, 0.3) is 5.69 Å². The lowest BCUT2D eigenvalue weighted by atomic mass is 10.2. The van der Waals surface area contributed by atoms with Crippen LogP contribution in [0.2, 0.25) is 5.02 Å². The Labute approximate surface area is 158 Å². The van der Waals surface area contributed by atoms with Crippen molar-refractivity contribution in [2.24, 2.45) is 5.10 Å². The van der Waals surface area contributed by atoms with E-state index in [2.05, 4.69) is 15.1 Å². The molecular weight excluding hydrogens is 346 g/mol. The first-order valence-corrected chi connectivity index (χ1v) is 8.69. The first-order valence-electron chi connectivity index (χ1n) is 8.31. The second-order valence-electron chi connectivity index (χ2n) is 6.16. The summed E-state index contributed by atoms with van der Waals surface area (Å²) in [6.07, 6.45) is 1.66. The van der Waals surface area contributed by atoms with Gasteiger partial charge < -0.3 is 4.57 Å². The molecule has 132 valence electrons. The fourth-order valence-corrected chi connectivity index (χ4v) is 3.03. The van der Waals surface area contributed by atoms with Gasteiger partial charge in [-0.15, -0.1) is 0 Å². The van der Waals surface area contributed by atoms with Crippen molar-refractivity contribution in [2.45, 2.75) is 20.8 Å². The molecule has 5 heteroatoms. The second kappa shape index (κ2) is 7.58. The van der Waals surface area contributed by atoms with E-state index in [0.717, 1.165) is 33.2 Å². The van der Waals surface area contributed by atoms with Crippen LogP contribution < -0.4 is 5.43 Å². The molecule has 3 rings (SSSR count). The first-order chi connectivity index (χ1) is 12.5. The van der Waals surface area contributed by atoms with Crippen LogP contribution in [-0.2, 0) is 0 Å². The Bertz CT molecular complexity index is 974. The maximum Gasteiger partial charge on any atom is 0.271 e. The Morgan fingerprint density at radius 2 is 1.81 bits per heavy atom. The fraction of sp³-hybridized carbons (Fsp3) is 0.143. The van der Waals surface area contributed by atoms with E-state index >= 15 is 0 Å². The lowest BCUT2D eigenvalue weighted by Crippen LogP contribution is -2.17. The quantitative estimate of drug-likeness (QED) is 0.523. The Kier molecular flexibility index (Phi) is 5.24. The molecule has 26 heavy (non-hydrogen) atoms. The van der Waals surface area contributed by atoms with Gasteiger partial charge in [0.1, 0.15) is 0 Å². The molecule has 0 unspecified atom stereocenters. The van der Waals surface area contributed by atoms with E-state index in [9.17, 15) is 4.79 Å². The highest BCUT2D eigenvalue weighted by atomic mass is 35.5. The van der Waals surface area contributed by atoms with Crippen molar-refractivity contribution in [3.63, 3.8) is 0 Å². The number of aryl methyl sites for hydroxylation is 2.